The average Bonchev–Trinajstić information content (AvgIpc) is 2.61. The second-order valence-electron chi connectivity index (χ2n) is 5.24. The lowest BCUT2D eigenvalue weighted by atomic mass is 10.0. The third kappa shape index (κ3) is 3.89. The van der Waals surface area contributed by atoms with Crippen LogP contribution in [0.2, 0.25) is 0 Å². The molecule has 0 amide bonds. The predicted octanol–water partition coefficient (Wildman–Crippen LogP) is 3.55. The lowest BCUT2D eigenvalue weighted by molar-refractivity contribution is 0.450. The molecule has 0 radical (unpaired) electrons. The van der Waals surface area contributed by atoms with Gasteiger partial charge in [-0.05, 0) is 36.4 Å². The van der Waals surface area contributed by atoms with Gasteiger partial charge in [0.1, 0.15) is 11.5 Å². The summed E-state index contributed by atoms with van der Waals surface area (Å²) in [4.78, 5) is 4.31. The van der Waals surface area contributed by atoms with Crippen molar-refractivity contribution in [1.29, 1.82) is 0 Å². The molecule has 3 rings (SSSR count). The average molecular weight is 319 g/mol. The molecule has 0 atom stereocenters. The van der Waals surface area contributed by atoms with Gasteiger partial charge >= 0.3 is 0 Å². The Kier molecular flexibility index (Phi) is 4.72. The molecule has 120 valence electrons. The van der Waals surface area contributed by atoms with Gasteiger partial charge in [-0.2, -0.15) is 5.10 Å². The van der Waals surface area contributed by atoms with Crippen LogP contribution in [0.4, 0.5) is 5.69 Å². The number of aromatic hydroxyl groups is 2. The lowest BCUT2D eigenvalue weighted by Crippen LogP contribution is -2.09. The highest BCUT2D eigenvalue weighted by atomic mass is 16.3. The molecule has 0 fully saturated rings. The Morgan fingerprint density at radius 1 is 0.958 bits per heavy atom. The highest BCUT2D eigenvalue weighted by molar-refractivity contribution is 6.04. The van der Waals surface area contributed by atoms with E-state index in [1.807, 2.05) is 48.5 Å². The molecule has 5 heteroatoms. The molecule has 1 heterocycles. The fourth-order valence-electron chi connectivity index (χ4n) is 2.28. The first-order chi connectivity index (χ1) is 11.7. The number of hydrogen-bond acceptors (Lipinski definition) is 5. The van der Waals surface area contributed by atoms with E-state index in [9.17, 15) is 10.2 Å². The Morgan fingerprint density at radius 3 is 2.46 bits per heavy atom. The van der Waals surface area contributed by atoms with Crippen LogP contribution in [0.1, 0.15) is 11.3 Å². The molecular weight excluding hydrogens is 302 g/mol. The molecule has 0 unspecified atom stereocenters. The van der Waals surface area contributed by atoms with E-state index < -0.39 is 0 Å². The summed E-state index contributed by atoms with van der Waals surface area (Å²) in [6.07, 6.45) is 2.16. The molecule has 2 aromatic carbocycles. The van der Waals surface area contributed by atoms with Crippen molar-refractivity contribution in [3.05, 3.63) is 84.2 Å². The van der Waals surface area contributed by atoms with Gasteiger partial charge in [0.2, 0.25) is 0 Å². The molecule has 0 spiro atoms. The molecule has 0 aliphatic heterocycles. The van der Waals surface area contributed by atoms with Crippen molar-refractivity contribution >= 4 is 11.4 Å². The second kappa shape index (κ2) is 7.28. The summed E-state index contributed by atoms with van der Waals surface area (Å²) in [7, 11) is 0. The first-order valence-corrected chi connectivity index (χ1v) is 7.52. The third-order valence-electron chi connectivity index (χ3n) is 3.46. The van der Waals surface area contributed by atoms with E-state index in [-0.39, 0.29) is 11.5 Å². The molecule has 3 aromatic rings. The quantitative estimate of drug-likeness (QED) is 0.496. The maximum Gasteiger partial charge on any atom is 0.128 e. The van der Waals surface area contributed by atoms with E-state index in [0.717, 1.165) is 11.4 Å². The van der Waals surface area contributed by atoms with Gasteiger partial charge in [-0.3, -0.25) is 10.4 Å². The van der Waals surface area contributed by atoms with E-state index in [1.54, 1.807) is 12.3 Å². The maximum absolute atomic E-state index is 10.1. The van der Waals surface area contributed by atoms with E-state index in [2.05, 4.69) is 15.5 Å². The van der Waals surface area contributed by atoms with Crippen molar-refractivity contribution in [3.8, 4) is 11.5 Å². The molecule has 24 heavy (non-hydrogen) atoms. The van der Waals surface area contributed by atoms with Crippen molar-refractivity contribution in [1.82, 2.24) is 4.98 Å². The van der Waals surface area contributed by atoms with Gasteiger partial charge in [-0.25, -0.2) is 0 Å². The summed E-state index contributed by atoms with van der Waals surface area (Å²) < 4.78 is 0. The summed E-state index contributed by atoms with van der Waals surface area (Å²) in [6.45, 7) is 0. The number of nitrogens with zero attached hydrogens (tertiary/aromatic N) is 2. The maximum atomic E-state index is 10.1. The smallest absolute Gasteiger partial charge is 0.128 e. The van der Waals surface area contributed by atoms with Crippen LogP contribution < -0.4 is 5.43 Å². The minimum absolute atomic E-state index is 0.00412. The number of aromatic nitrogens is 1. The van der Waals surface area contributed by atoms with Gasteiger partial charge in [0.25, 0.3) is 0 Å². The zero-order valence-corrected chi connectivity index (χ0v) is 12.9. The normalized spacial score (nSPS) is 11.2. The van der Waals surface area contributed by atoms with Gasteiger partial charge < -0.3 is 10.2 Å². The Labute approximate surface area is 139 Å². The molecule has 0 aliphatic rings. The first kappa shape index (κ1) is 15.6. The van der Waals surface area contributed by atoms with Gasteiger partial charge in [0.05, 0.1) is 11.4 Å². The van der Waals surface area contributed by atoms with E-state index in [4.69, 9.17) is 0 Å². The minimum Gasteiger partial charge on any atom is -0.508 e. The molecular formula is C19H17N3O2. The highest BCUT2D eigenvalue weighted by Gasteiger charge is 2.12. The van der Waals surface area contributed by atoms with Crippen LogP contribution in [0.25, 0.3) is 0 Å². The number of hydrazone groups is 1. The van der Waals surface area contributed by atoms with Crippen LogP contribution in [0.15, 0.2) is 78.0 Å². The summed E-state index contributed by atoms with van der Waals surface area (Å²) in [6, 6.07) is 19.7. The van der Waals surface area contributed by atoms with E-state index in [0.29, 0.717) is 17.7 Å². The molecule has 3 N–H and O–H groups in total. The number of para-hydroxylation sites is 1. The van der Waals surface area contributed by atoms with Gasteiger partial charge in [0, 0.05) is 29.9 Å². The summed E-state index contributed by atoms with van der Waals surface area (Å²) >= 11 is 0. The van der Waals surface area contributed by atoms with Gasteiger partial charge in [0.15, 0.2) is 0 Å². The van der Waals surface area contributed by atoms with Crippen molar-refractivity contribution in [2.24, 2.45) is 5.10 Å². The first-order valence-electron chi connectivity index (χ1n) is 7.52. The monoisotopic (exact) mass is 319 g/mol. The van der Waals surface area contributed by atoms with Crippen molar-refractivity contribution in [2.45, 2.75) is 6.42 Å². The topological polar surface area (TPSA) is 77.7 Å². The predicted molar refractivity (Wildman–Crippen MR) is 94.3 cm³/mol. The van der Waals surface area contributed by atoms with Crippen molar-refractivity contribution < 1.29 is 10.2 Å². The van der Waals surface area contributed by atoms with Crippen molar-refractivity contribution in [2.75, 3.05) is 5.43 Å². The van der Waals surface area contributed by atoms with Gasteiger partial charge in [-0.15, -0.1) is 0 Å². The Hall–Kier alpha value is -3.34. The molecule has 0 bridgehead atoms. The van der Waals surface area contributed by atoms with Crippen LogP contribution in [0.3, 0.4) is 0 Å². The van der Waals surface area contributed by atoms with Crippen LogP contribution in [-0.2, 0) is 6.42 Å². The van der Waals surface area contributed by atoms with Crippen LogP contribution in [0, 0.1) is 0 Å². The number of anilines is 1. The molecule has 0 aliphatic carbocycles. The fraction of sp³-hybridized carbons (Fsp3) is 0.0526. The van der Waals surface area contributed by atoms with Crippen LogP contribution in [0.5, 0.6) is 11.5 Å². The lowest BCUT2D eigenvalue weighted by Gasteiger charge is -2.10. The molecule has 0 saturated carbocycles. The van der Waals surface area contributed by atoms with Gasteiger partial charge in [-0.1, -0.05) is 24.3 Å². The molecule has 5 nitrogen and oxygen atoms in total. The fourth-order valence-corrected chi connectivity index (χ4v) is 2.28. The second-order valence-corrected chi connectivity index (χ2v) is 5.24. The third-order valence-corrected chi connectivity index (χ3v) is 3.46. The Balaban J connectivity index is 1.93. The Morgan fingerprint density at radius 2 is 1.75 bits per heavy atom. The molecule has 0 saturated heterocycles. The number of pyridine rings is 1. The largest absolute Gasteiger partial charge is 0.508 e. The van der Waals surface area contributed by atoms with Crippen LogP contribution >= 0.6 is 0 Å². The zero-order chi connectivity index (χ0) is 16.8. The van der Waals surface area contributed by atoms with E-state index >= 15 is 0 Å². The Bertz CT molecular complexity index is 834. The summed E-state index contributed by atoms with van der Waals surface area (Å²) in [5.41, 5.74) is 5.83. The van der Waals surface area contributed by atoms with Crippen LogP contribution in [-0.4, -0.2) is 20.9 Å². The SMILES string of the molecule is Oc1ccc(/C(Cc2ccccn2)=N/Nc2ccccc2)c(O)c1. The van der Waals surface area contributed by atoms with E-state index in [1.165, 1.54) is 12.1 Å². The number of phenolic OH excluding ortho intramolecular Hbond substituents is 2. The number of hydrogen-bond donors (Lipinski definition) is 3. The number of rotatable bonds is 5. The standard InChI is InChI=1S/C19H17N3O2/c23-16-9-10-17(19(24)13-16)18(12-15-8-4-5-11-20-15)22-21-14-6-2-1-3-7-14/h1-11,13,21,23-24H,12H2/b22-18+. The zero-order valence-electron chi connectivity index (χ0n) is 12.9. The number of phenols is 2. The summed E-state index contributed by atoms with van der Waals surface area (Å²) in [5, 5.41) is 24.1. The number of nitrogens with one attached hydrogen (secondary N) is 1. The number of benzene rings is 2. The molecule has 1 aromatic heterocycles. The minimum atomic E-state index is -0.0282. The highest BCUT2D eigenvalue weighted by Crippen LogP contribution is 2.24. The summed E-state index contributed by atoms with van der Waals surface area (Å²) in [5.74, 6) is -0.0241. The van der Waals surface area contributed by atoms with Crippen molar-refractivity contribution in [3.63, 3.8) is 0 Å².